The lowest BCUT2D eigenvalue weighted by molar-refractivity contribution is 1.18. The van der Waals surface area contributed by atoms with Gasteiger partial charge in [0.1, 0.15) is 0 Å². The topological polar surface area (TPSA) is 43.6 Å². The van der Waals surface area contributed by atoms with Crippen molar-refractivity contribution in [3.05, 3.63) is 243 Å². The number of para-hydroxylation sites is 1. The van der Waals surface area contributed by atoms with Crippen LogP contribution in [0.2, 0.25) is 0 Å². The molecule has 13 aromatic rings. The van der Waals surface area contributed by atoms with Crippen LogP contribution in [0, 0.1) is 0 Å². The molecule has 0 aliphatic rings. The van der Waals surface area contributed by atoms with Gasteiger partial charge < -0.3 is 4.57 Å². The molecule has 0 fully saturated rings. The van der Waals surface area contributed by atoms with Gasteiger partial charge in [0.25, 0.3) is 0 Å². The first-order chi connectivity index (χ1) is 33.2. The number of hydrogen-bond donors (Lipinski definition) is 0. The summed E-state index contributed by atoms with van der Waals surface area (Å²) in [6.45, 7) is 0. The normalized spacial score (nSPS) is 11.6. The Hall–Kier alpha value is -8.99. The molecule has 0 N–H and O–H groups in total. The van der Waals surface area contributed by atoms with Gasteiger partial charge in [-0.25, -0.2) is 15.0 Å². The summed E-state index contributed by atoms with van der Waals surface area (Å²) in [5, 5.41) is 8.21. The van der Waals surface area contributed by atoms with Gasteiger partial charge in [-0.15, -0.1) is 0 Å². The molecule has 0 saturated heterocycles. The van der Waals surface area contributed by atoms with Crippen LogP contribution < -0.4 is 0 Å². The zero-order chi connectivity index (χ0) is 44.3. The summed E-state index contributed by atoms with van der Waals surface area (Å²) in [5.41, 5.74) is 15.9. The van der Waals surface area contributed by atoms with Crippen molar-refractivity contribution < 1.29 is 0 Å². The second kappa shape index (κ2) is 15.9. The van der Waals surface area contributed by atoms with E-state index in [9.17, 15) is 0 Å². The SMILES string of the molecule is c1ccc(-c2ccc(-c3cc(-c4cccc(-c5ccc6c(c5)c5cc7c(-c8ccccc8)nc8ccccc8c7cc5n6-c5cccc6ccccc56)c4)nc(-c4ccccc4)n3)cc2)cc1. The molecule has 67 heavy (non-hydrogen) atoms. The predicted molar refractivity (Wildman–Crippen MR) is 279 cm³/mol. The first-order valence-electron chi connectivity index (χ1n) is 22.8. The van der Waals surface area contributed by atoms with Crippen LogP contribution in [0.3, 0.4) is 0 Å². The number of benzene rings is 10. The van der Waals surface area contributed by atoms with Crippen LogP contribution in [-0.2, 0) is 0 Å². The van der Waals surface area contributed by atoms with Gasteiger partial charge in [-0.05, 0) is 81.6 Å². The monoisotopic (exact) mass is 852 g/mol. The second-order valence-electron chi connectivity index (χ2n) is 17.2. The fraction of sp³-hybridized carbons (Fsp3) is 0. The fourth-order valence-electron chi connectivity index (χ4n) is 9.90. The van der Waals surface area contributed by atoms with Crippen molar-refractivity contribution in [2.45, 2.75) is 0 Å². The minimum atomic E-state index is 0.692. The predicted octanol–water partition coefficient (Wildman–Crippen LogP) is 16.4. The third-order valence-electron chi connectivity index (χ3n) is 13.2. The maximum Gasteiger partial charge on any atom is 0.160 e. The summed E-state index contributed by atoms with van der Waals surface area (Å²) in [6, 6.07) is 86.4. The highest BCUT2D eigenvalue weighted by Crippen LogP contribution is 2.42. The number of nitrogens with zero attached hydrogens (tertiary/aromatic N) is 4. The first kappa shape index (κ1) is 38.5. The van der Waals surface area contributed by atoms with Crippen LogP contribution in [0.5, 0.6) is 0 Å². The Morgan fingerprint density at radius 1 is 0.269 bits per heavy atom. The molecule has 0 bridgehead atoms. The second-order valence-corrected chi connectivity index (χ2v) is 17.2. The van der Waals surface area contributed by atoms with E-state index in [1.807, 2.05) is 24.3 Å². The summed E-state index contributed by atoms with van der Waals surface area (Å²) in [7, 11) is 0. The van der Waals surface area contributed by atoms with Gasteiger partial charge in [-0.1, -0.05) is 194 Å². The van der Waals surface area contributed by atoms with Crippen LogP contribution in [0.25, 0.3) is 127 Å². The molecular formula is C63H40N4. The Labute approximate surface area is 387 Å². The molecule has 3 heterocycles. The molecule has 0 amide bonds. The number of hydrogen-bond acceptors (Lipinski definition) is 3. The van der Waals surface area contributed by atoms with Gasteiger partial charge in [0, 0.05) is 49.2 Å². The Morgan fingerprint density at radius 2 is 0.821 bits per heavy atom. The lowest BCUT2D eigenvalue weighted by Gasteiger charge is -2.14. The Bertz CT molecular complexity index is 4000. The first-order valence-corrected chi connectivity index (χ1v) is 22.8. The van der Waals surface area contributed by atoms with Crippen LogP contribution in [-0.4, -0.2) is 19.5 Å². The highest BCUT2D eigenvalue weighted by atomic mass is 15.0. The Kier molecular flexibility index (Phi) is 9.14. The van der Waals surface area contributed by atoms with Crippen molar-refractivity contribution in [2.24, 2.45) is 0 Å². The number of pyridine rings is 1. The van der Waals surface area contributed by atoms with E-state index in [1.54, 1.807) is 0 Å². The average molecular weight is 853 g/mol. The fourth-order valence-corrected chi connectivity index (χ4v) is 9.90. The molecular weight excluding hydrogens is 813 g/mol. The lowest BCUT2D eigenvalue weighted by Crippen LogP contribution is -1.96. The maximum absolute atomic E-state index is 5.32. The number of fused-ring (bicyclic) bond motifs is 7. The molecule has 0 saturated carbocycles. The van der Waals surface area contributed by atoms with E-state index >= 15 is 0 Å². The molecule has 3 aromatic heterocycles. The van der Waals surface area contributed by atoms with E-state index < -0.39 is 0 Å². The van der Waals surface area contributed by atoms with Gasteiger partial charge in [0.2, 0.25) is 0 Å². The Balaban J connectivity index is 1.00. The van der Waals surface area contributed by atoms with Crippen molar-refractivity contribution in [1.82, 2.24) is 19.5 Å². The van der Waals surface area contributed by atoms with E-state index in [0.717, 1.165) is 83.5 Å². The zero-order valence-corrected chi connectivity index (χ0v) is 36.4. The summed E-state index contributed by atoms with van der Waals surface area (Å²) < 4.78 is 2.46. The molecule has 312 valence electrons. The highest BCUT2D eigenvalue weighted by molar-refractivity contribution is 6.21. The van der Waals surface area contributed by atoms with Crippen LogP contribution >= 0.6 is 0 Å². The van der Waals surface area contributed by atoms with Gasteiger partial charge in [-0.2, -0.15) is 0 Å². The number of rotatable bonds is 7. The molecule has 13 rings (SSSR count). The molecule has 0 radical (unpaired) electrons. The van der Waals surface area contributed by atoms with Crippen molar-refractivity contribution in [2.75, 3.05) is 0 Å². The lowest BCUT2D eigenvalue weighted by atomic mass is 9.96. The molecule has 4 nitrogen and oxygen atoms in total. The molecule has 0 atom stereocenters. The minimum absolute atomic E-state index is 0.692. The van der Waals surface area contributed by atoms with Gasteiger partial charge >= 0.3 is 0 Å². The summed E-state index contributed by atoms with van der Waals surface area (Å²) >= 11 is 0. The van der Waals surface area contributed by atoms with Gasteiger partial charge in [-0.3, -0.25) is 0 Å². The molecule has 0 aliphatic heterocycles. The molecule has 4 heteroatoms. The molecule has 10 aromatic carbocycles. The largest absolute Gasteiger partial charge is 0.309 e. The van der Waals surface area contributed by atoms with Crippen LogP contribution in [0.1, 0.15) is 0 Å². The summed E-state index contributed by atoms with van der Waals surface area (Å²) in [4.78, 5) is 15.7. The van der Waals surface area contributed by atoms with E-state index in [0.29, 0.717) is 5.82 Å². The van der Waals surface area contributed by atoms with Gasteiger partial charge in [0.15, 0.2) is 5.82 Å². The molecule has 0 unspecified atom stereocenters. The van der Waals surface area contributed by atoms with Crippen LogP contribution in [0.4, 0.5) is 0 Å². The number of aromatic nitrogens is 4. The maximum atomic E-state index is 5.32. The van der Waals surface area contributed by atoms with E-state index in [-0.39, 0.29) is 0 Å². The third kappa shape index (κ3) is 6.74. The quantitative estimate of drug-likeness (QED) is 0.150. The average Bonchev–Trinajstić information content (AvgIpc) is 3.73. The Morgan fingerprint density at radius 3 is 1.61 bits per heavy atom. The van der Waals surface area contributed by atoms with E-state index in [4.69, 9.17) is 15.0 Å². The third-order valence-corrected chi connectivity index (χ3v) is 13.2. The van der Waals surface area contributed by atoms with Crippen molar-refractivity contribution in [3.8, 4) is 73.1 Å². The van der Waals surface area contributed by atoms with Crippen LogP contribution in [0.15, 0.2) is 243 Å². The molecule has 0 spiro atoms. The molecule has 0 aliphatic carbocycles. The summed E-state index contributed by atoms with van der Waals surface area (Å²) in [5.74, 6) is 0.692. The van der Waals surface area contributed by atoms with Crippen molar-refractivity contribution in [3.63, 3.8) is 0 Å². The van der Waals surface area contributed by atoms with Crippen molar-refractivity contribution in [1.29, 1.82) is 0 Å². The highest BCUT2D eigenvalue weighted by Gasteiger charge is 2.20. The van der Waals surface area contributed by atoms with Gasteiger partial charge in [0.05, 0.1) is 39.3 Å². The summed E-state index contributed by atoms with van der Waals surface area (Å²) in [6.07, 6.45) is 0. The van der Waals surface area contributed by atoms with E-state index in [1.165, 1.54) is 38.1 Å². The smallest absolute Gasteiger partial charge is 0.160 e. The standard InChI is InChI=1S/C63H40N4/c1-4-16-41(17-5-1)42-30-32-44(33-31-42)57-40-58(66-63(65-57)46-21-8-3-9-22-46)49-25-14-24-47(36-49)48-34-35-60-53(37-48)54-38-55-52(39-61(54)67(60)59-29-15-23-43-18-10-11-26-50(43)59)51-27-12-13-28-56(51)64-62(55)45-19-6-2-7-20-45/h1-40H. The zero-order valence-electron chi connectivity index (χ0n) is 36.4. The minimum Gasteiger partial charge on any atom is -0.309 e. The van der Waals surface area contributed by atoms with E-state index in [2.05, 4.69) is 223 Å². The van der Waals surface area contributed by atoms with Crippen molar-refractivity contribution >= 4 is 54.3 Å².